The van der Waals surface area contributed by atoms with Crippen molar-refractivity contribution < 1.29 is 9.18 Å². The van der Waals surface area contributed by atoms with Crippen LogP contribution in [-0.4, -0.2) is 42.0 Å². The minimum absolute atomic E-state index is 0.126. The predicted octanol–water partition coefficient (Wildman–Crippen LogP) is 3.45. The summed E-state index contributed by atoms with van der Waals surface area (Å²) in [6, 6.07) is 17.8. The van der Waals surface area contributed by atoms with Gasteiger partial charge in [0.15, 0.2) is 0 Å². The Labute approximate surface area is 168 Å². The topological polar surface area (TPSA) is 56.4 Å². The van der Waals surface area contributed by atoms with Crippen molar-refractivity contribution in [2.75, 3.05) is 31.1 Å². The van der Waals surface area contributed by atoms with Crippen LogP contribution in [0.2, 0.25) is 0 Å². The molecule has 29 heavy (non-hydrogen) atoms. The van der Waals surface area contributed by atoms with Crippen LogP contribution >= 0.6 is 0 Å². The predicted molar refractivity (Wildman–Crippen MR) is 112 cm³/mol. The van der Waals surface area contributed by atoms with Crippen molar-refractivity contribution in [1.29, 1.82) is 0 Å². The van der Waals surface area contributed by atoms with E-state index in [1.807, 2.05) is 36.1 Å². The van der Waals surface area contributed by atoms with Crippen LogP contribution in [0.1, 0.15) is 15.9 Å². The molecule has 1 amide bonds. The largest absolute Gasteiger partial charge is 0.366 e. The number of benzene rings is 2. The van der Waals surface area contributed by atoms with Crippen LogP contribution in [-0.2, 0) is 0 Å². The number of anilines is 1. The highest BCUT2D eigenvalue weighted by atomic mass is 19.1. The van der Waals surface area contributed by atoms with Gasteiger partial charge >= 0.3 is 0 Å². The third kappa shape index (κ3) is 3.92. The van der Waals surface area contributed by atoms with E-state index in [1.54, 1.807) is 35.2 Å². The average Bonchev–Trinajstić information content (AvgIpc) is 2.74. The number of nitrogens with one attached hydrogen (secondary N) is 1. The lowest BCUT2D eigenvalue weighted by Crippen LogP contribution is -2.49. The standard InChI is InChI=1S/C23H22FN3O2/c1-16-5-4-6-17(15-16)20-10-9-18(22(28)25-20)23(29)27-13-11-26(12-14-27)21-8-3-2-7-19(21)24/h2-10,15H,11-14H2,1H3,(H,25,28). The summed E-state index contributed by atoms with van der Waals surface area (Å²) in [7, 11) is 0. The Kier molecular flexibility index (Phi) is 5.16. The zero-order valence-electron chi connectivity index (χ0n) is 16.2. The molecule has 2 heterocycles. The van der Waals surface area contributed by atoms with E-state index in [1.165, 1.54) is 6.07 Å². The van der Waals surface area contributed by atoms with Gasteiger partial charge in [0.1, 0.15) is 11.4 Å². The second kappa shape index (κ2) is 7.91. The first-order chi connectivity index (χ1) is 14.0. The first-order valence-electron chi connectivity index (χ1n) is 9.62. The van der Waals surface area contributed by atoms with Gasteiger partial charge < -0.3 is 14.8 Å². The van der Waals surface area contributed by atoms with Crippen LogP contribution in [0.3, 0.4) is 0 Å². The molecule has 0 radical (unpaired) electrons. The summed E-state index contributed by atoms with van der Waals surface area (Å²) in [6.45, 7) is 3.90. The lowest BCUT2D eigenvalue weighted by Gasteiger charge is -2.36. The number of halogens is 1. The molecule has 1 fully saturated rings. The molecule has 1 N–H and O–H groups in total. The Morgan fingerprint density at radius 1 is 0.966 bits per heavy atom. The maximum atomic E-state index is 14.0. The second-order valence-corrected chi connectivity index (χ2v) is 7.21. The van der Waals surface area contributed by atoms with Crippen LogP contribution in [0.25, 0.3) is 11.3 Å². The molecule has 148 valence electrons. The SMILES string of the molecule is Cc1cccc(-c2ccc(C(=O)N3CCN(c4ccccc4F)CC3)c(=O)[nH]2)c1. The van der Waals surface area contributed by atoms with Crippen molar-refractivity contribution in [3.63, 3.8) is 0 Å². The van der Waals surface area contributed by atoms with Crippen molar-refractivity contribution in [2.45, 2.75) is 6.92 Å². The highest BCUT2D eigenvalue weighted by Crippen LogP contribution is 2.21. The lowest BCUT2D eigenvalue weighted by atomic mass is 10.1. The average molecular weight is 391 g/mol. The van der Waals surface area contributed by atoms with Crippen molar-refractivity contribution >= 4 is 11.6 Å². The molecular weight excluding hydrogens is 369 g/mol. The van der Waals surface area contributed by atoms with Gasteiger partial charge in [-0.1, -0.05) is 35.9 Å². The number of amides is 1. The van der Waals surface area contributed by atoms with E-state index >= 15 is 0 Å². The molecule has 3 aromatic rings. The fourth-order valence-electron chi connectivity index (χ4n) is 3.65. The van der Waals surface area contributed by atoms with Crippen molar-refractivity contribution in [3.05, 3.63) is 88.0 Å². The first kappa shape index (κ1) is 18.9. The fraction of sp³-hybridized carbons (Fsp3) is 0.217. The van der Waals surface area contributed by atoms with E-state index in [2.05, 4.69) is 4.98 Å². The van der Waals surface area contributed by atoms with Gasteiger partial charge in [-0.2, -0.15) is 0 Å². The highest BCUT2D eigenvalue weighted by molar-refractivity contribution is 5.94. The second-order valence-electron chi connectivity index (χ2n) is 7.21. The minimum atomic E-state index is -0.398. The van der Waals surface area contributed by atoms with Gasteiger partial charge in [0.2, 0.25) is 0 Å². The Hall–Kier alpha value is -3.41. The zero-order valence-corrected chi connectivity index (χ0v) is 16.2. The molecule has 1 aromatic heterocycles. The number of carbonyl (C=O) groups excluding carboxylic acids is 1. The van der Waals surface area contributed by atoms with Crippen LogP contribution in [0.5, 0.6) is 0 Å². The Balaban J connectivity index is 1.48. The van der Waals surface area contributed by atoms with Gasteiger partial charge in [0.25, 0.3) is 11.5 Å². The first-order valence-corrected chi connectivity index (χ1v) is 9.62. The number of aromatic amines is 1. The highest BCUT2D eigenvalue weighted by Gasteiger charge is 2.25. The van der Waals surface area contributed by atoms with E-state index in [4.69, 9.17) is 0 Å². The number of piperazine rings is 1. The summed E-state index contributed by atoms with van der Waals surface area (Å²) in [5, 5.41) is 0. The quantitative estimate of drug-likeness (QED) is 0.744. The maximum Gasteiger partial charge on any atom is 0.261 e. The normalized spacial score (nSPS) is 14.1. The summed E-state index contributed by atoms with van der Waals surface area (Å²) < 4.78 is 14.0. The summed E-state index contributed by atoms with van der Waals surface area (Å²) in [6.07, 6.45) is 0. The molecule has 1 aliphatic rings. The molecule has 1 aliphatic heterocycles. The summed E-state index contributed by atoms with van der Waals surface area (Å²) in [5.74, 6) is -0.564. The fourth-order valence-corrected chi connectivity index (χ4v) is 3.65. The van der Waals surface area contributed by atoms with Crippen LogP contribution < -0.4 is 10.5 Å². The Morgan fingerprint density at radius 3 is 2.41 bits per heavy atom. The molecule has 5 nitrogen and oxygen atoms in total. The number of rotatable bonds is 3. The number of aromatic nitrogens is 1. The molecule has 0 aliphatic carbocycles. The Bertz CT molecular complexity index is 1100. The van der Waals surface area contributed by atoms with Crippen LogP contribution in [0, 0.1) is 12.7 Å². The number of nitrogens with zero attached hydrogens (tertiary/aromatic N) is 2. The Morgan fingerprint density at radius 2 is 1.72 bits per heavy atom. The summed E-state index contributed by atoms with van der Waals surface area (Å²) in [5.41, 5.74) is 2.95. The molecular formula is C23H22FN3O2. The molecule has 0 spiro atoms. The van der Waals surface area contributed by atoms with Gasteiger partial charge in [-0.05, 0) is 42.8 Å². The van der Waals surface area contributed by atoms with E-state index in [-0.39, 0.29) is 17.3 Å². The molecule has 2 aromatic carbocycles. The number of hydrogen-bond acceptors (Lipinski definition) is 3. The monoisotopic (exact) mass is 391 g/mol. The minimum Gasteiger partial charge on any atom is -0.366 e. The smallest absolute Gasteiger partial charge is 0.261 e. The van der Waals surface area contributed by atoms with Crippen molar-refractivity contribution in [3.8, 4) is 11.3 Å². The third-order valence-electron chi connectivity index (χ3n) is 5.23. The van der Waals surface area contributed by atoms with Gasteiger partial charge in [0.05, 0.1) is 5.69 Å². The van der Waals surface area contributed by atoms with Gasteiger partial charge in [-0.3, -0.25) is 9.59 Å². The molecule has 4 rings (SSSR count). The van der Waals surface area contributed by atoms with E-state index in [0.717, 1.165) is 11.1 Å². The molecule has 6 heteroatoms. The van der Waals surface area contributed by atoms with Crippen LogP contribution in [0.15, 0.2) is 65.5 Å². The van der Waals surface area contributed by atoms with E-state index in [9.17, 15) is 14.0 Å². The molecule has 0 atom stereocenters. The molecule has 1 saturated heterocycles. The van der Waals surface area contributed by atoms with Gasteiger partial charge in [0, 0.05) is 31.9 Å². The summed E-state index contributed by atoms with van der Waals surface area (Å²) in [4.78, 5) is 31.8. The lowest BCUT2D eigenvalue weighted by molar-refractivity contribution is 0.0745. The van der Waals surface area contributed by atoms with Gasteiger partial charge in [-0.25, -0.2) is 4.39 Å². The molecule has 0 bridgehead atoms. The third-order valence-corrected chi connectivity index (χ3v) is 5.23. The van der Waals surface area contributed by atoms with Crippen molar-refractivity contribution in [2.24, 2.45) is 0 Å². The summed E-state index contributed by atoms with van der Waals surface area (Å²) >= 11 is 0. The van der Waals surface area contributed by atoms with E-state index < -0.39 is 5.56 Å². The van der Waals surface area contributed by atoms with E-state index in [0.29, 0.717) is 37.6 Å². The number of para-hydroxylation sites is 1. The molecule has 0 saturated carbocycles. The number of carbonyl (C=O) groups is 1. The molecule has 0 unspecified atom stereocenters. The number of pyridine rings is 1. The zero-order chi connectivity index (χ0) is 20.4. The number of hydrogen-bond donors (Lipinski definition) is 1. The van der Waals surface area contributed by atoms with Gasteiger partial charge in [-0.15, -0.1) is 0 Å². The van der Waals surface area contributed by atoms with Crippen molar-refractivity contribution in [1.82, 2.24) is 9.88 Å². The number of aryl methyl sites for hydroxylation is 1. The number of H-pyrrole nitrogens is 1. The van der Waals surface area contributed by atoms with Crippen LogP contribution in [0.4, 0.5) is 10.1 Å². The maximum absolute atomic E-state index is 14.0.